The number of ether oxygens (including phenoxy) is 1. The maximum absolute atomic E-state index is 13.0. The summed E-state index contributed by atoms with van der Waals surface area (Å²) in [6.45, 7) is 4.96. The maximum atomic E-state index is 13.0. The number of methoxy groups -OCH3 is 1. The standard InChI is InChI=1S/C23H31N3O3S/c1-29-23-12-6-5-11-22(23)25-16-14-24(15-17-25)21-10-7-13-26(18-21)30(27,28)19-20-8-3-2-4-9-20/h2-6,8-9,11-12,21H,7,10,13-19H2,1H3. The first kappa shape index (κ1) is 21.2. The smallest absolute Gasteiger partial charge is 0.218 e. The van der Waals surface area contributed by atoms with E-state index in [1.165, 1.54) is 0 Å². The molecule has 2 saturated heterocycles. The Morgan fingerprint density at radius 2 is 1.63 bits per heavy atom. The van der Waals surface area contributed by atoms with Gasteiger partial charge in [-0.2, -0.15) is 0 Å². The third kappa shape index (κ3) is 4.79. The number of benzene rings is 2. The summed E-state index contributed by atoms with van der Waals surface area (Å²) in [7, 11) is -1.58. The van der Waals surface area contributed by atoms with E-state index in [0.29, 0.717) is 19.1 Å². The van der Waals surface area contributed by atoms with Crippen molar-refractivity contribution in [2.75, 3.05) is 51.3 Å². The van der Waals surface area contributed by atoms with Crippen LogP contribution in [0.4, 0.5) is 5.69 Å². The summed E-state index contributed by atoms with van der Waals surface area (Å²) in [5, 5.41) is 0. The van der Waals surface area contributed by atoms with Crippen molar-refractivity contribution < 1.29 is 13.2 Å². The van der Waals surface area contributed by atoms with E-state index in [4.69, 9.17) is 4.74 Å². The zero-order chi connectivity index (χ0) is 21.0. The Hall–Kier alpha value is -2.09. The van der Waals surface area contributed by atoms with Gasteiger partial charge in [0.05, 0.1) is 18.6 Å². The summed E-state index contributed by atoms with van der Waals surface area (Å²) < 4.78 is 33.2. The van der Waals surface area contributed by atoms with Crippen molar-refractivity contribution in [3.63, 3.8) is 0 Å². The molecule has 0 saturated carbocycles. The van der Waals surface area contributed by atoms with Gasteiger partial charge in [-0.3, -0.25) is 4.90 Å². The molecule has 7 heteroatoms. The van der Waals surface area contributed by atoms with E-state index in [9.17, 15) is 8.42 Å². The molecule has 162 valence electrons. The first-order valence-electron chi connectivity index (χ1n) is 10.7. The molecule has 2 aliphatic heterocycles. The lowest BCUT2D eigenvalue weighted by atomic mass is 10.0. The van der Waals surface area contributed by atoms with Gasteiger partial charge in [0.1, 0.15) is 5.75 Å². The number of para-hydroxylation sites is 2. The number of piperidine rings is 1. The predicted octanol–water partition coefficient (Wildman–Crippen LogP) is 2.81. The second-order valence-electron chi connectivity index (χ2n) is 8.09. The Morgan fingerprint density at radius 1 is 0.933 bits per heavy atom. The van der Waals surface area contributed by atoms with Gasteiger partial charge in [-0.1, -0.05) is 42.5 Å². The summed E-state index contributed by atoms with van der Waals surface area (Å²) in [5.41, 5.74) is 1.99. The third-order valence-corrected chi connectivity index (χ3v) is 8.02. The van der Waals surface area contributed by atoms with Crippen molar-refractivity contribution in [1.82, 2.24) is 9.21 Å². The number of piperazine rings is 1. The minimum absolute atomic E-state index is 0.0855. The number of rotatable bonds is 6. The van der Waals surface area contributed by atoms with Crippen LogP contribution in [0.3, 0.4) is 0 Å². The van der Waals surface area contributed by atoms with Crippen LogP contribution in [-0.2, 0) is 15.8 Å². The summed E-state index contributed by atoms with van der Waals surface area (Å²) in [5.74, 6) is 0.990. The number of anilines is 1. The van der Waals surface area contributed by atoms with Crippen molar-refractivity contribution >= 4 is 15.7 Å². The Morgan fingerprint density at radius 3 is 2.37 bits per heavy atom. The number of hydrogen-bond donors (Lipinski definition) is 0. The van der Waals surface area contributed by atoms with Gasteiger partial charge >= 0.3 is 0 Å². The number of hydrogen-bond acceptors (Lipinski definition) is 5. The van der Waals surface area contributed by atoms with Crippen molar-refractivity contribution in [3.8, 4) is 5.75 Å². The first-order valence-corrected chi connectivity index (χ1v) is 12.3. The lowest BCUT2D eigenvalue weighted by molar-refractivity contribution is 0.128. The van der Waals surface area contributed by atoms with Crippen LogP contribution < -0.4 is 9.64 Å². The van der Waals surface area contributed by atoms with Crippen LogP contribution in [0, 0.1) is 0 Å². The van der Waals surface area contributed by atoms with E-state index in [-0.39, 0.29) is 5.75 Å². The monoisotopic (exact) mass is 429 g/mol. The highest BCUT2D eigenvalue weighted by molar-refractivity contribution is 7.88. The molecule has 2 aliphatic rings. The Kier molecular flexibility index (Phi) is 6.61. The number of sulfonamides is 1. The SMILES string of the molecule is COc1ccccc1N1CCN(C2CCCN(S(=O)(=O)Cc3ccccc3)C2)CC1. The molecule has 2 fully saturated rings. The van der Waals surface area contributed by atoms with E-state index in [1.807, 2.05) is 48.5 Å². The predicted molar refractivity (Wildman–Crippen MR) is 120 cm³/mol. The minimum atomic E-state index is -3.29. The maximum Gasteiger partial charge on any atom is 0.218 e. The largest absolute Gasteiger partial charge is 0.495 e. The van der Waals surface area contributed by atoms with E-state index >= 15 is 0 Å². The van der Waals surface area contributed by atoms with Gasteiger partial charge in [0, 0.05) is 45.3 Å². The zero-order valence-electron chi connectivity index (χ0n) is 17.6. The Balaban J connectivity index is 1.36. The Labute approximate surface area is 180 Å². The fraction of sp³-hybridized carbons (Fsp3) is 0.478. The van der Waals surface area contributed by atoms with Crippen LogP contribution in [-0.4, -0.2) is 70.0 Å². The molecule has 6 nitrogen and oxygen atoms in total. The molecule has 0 aliphatic carbocycles. The molecule has 30 heavy (non-hydrogen) atoms. The van der Waals surface area contributed by atoms with Crippen LogP contribution in [0.15, 0.2) is 54.6 Å². The second kappa shape index (κ2) is 9.37. The van der Waals surface area contributed by atoms with Crippen LogP contribution >= 0.6 is 0 Å². The van der Waals surface area contributed by atoms with Gasteiger partial charge in [0.25, 0.3) is 0 Å². The average molecular weight is 430 g/mol. The summed E-state index contributed by atoms with van der Waals surface area (Å²) in [6, 6.07) is 17.9. The average Bonchev–Trinajstić information content (AvgIpc) is 2.80. The minimum Gasteiger partial charge on any atom is -0.495 e. The fourth-order valence-corrected chi connectivity index (χ4v) is 6.17. The second-order valence-corrected chi connectivity index (χ2v) is 10.1. The molecule has 1 unspecified atom stereocenters. The molecule has 2 heterocycles. The molecule has 0 spiro atoms. The lowest BCUT2D eigenvalue weighted by Gasteiger charge is -2.43. The molecule has 0 radical (unpaired) electrons. The highest BCUT2D eigenvalue weighted by Crippen LogP contribution is 2.29. The van der Waals surface area contributed by atoms with E-state index in [0.717, 1.165) is 56.0 Å². The van der Waals surface area contributed by atoms with E-state index in [2.05, 4.69) is 15.9 Å². The van der Waals surface area contributed by atoms with Gasteiger partial charge in [-0.15, -0.1) is 0 Å². The van der Waals surface area contributed by atoms with Crippen molar-refractivity contribution in [1.29, 1.82) is 0 Å². The normalized spacial score (nSPS) is 21.5. The summed E-state index contributed by atoms with van der Waals surface area (Å²) in [6.07, 6.45) is 1.98. The van der Waals surface area contributed by atoms with Crippen molar-refractivity contribution in [3.05, 3.63) is 60.2 Å². The van der Waals surface area contributed by atoms with Gasteiger partial charge in [0.2, 0.25) is 10.0 Å². The molecule has 4 rings (SSSR count). The summed E-state index contributed by atoms with van der Waals surface area (Å²) in [4.78, 5) is 4.83. The molecule has 0 aromatic heterocycles. The first-order chi connectivity index (χ1) is 14.6. The highest BCUT2D eigenvalue weighted by Gasteiger charge is 2.33. The zero-order valence-corrected chi connectivity index (χ0v) is 18.4. The highest BCUT2D eigenvalue weighted by atomic mass is 32.2. The van der Waals surface area contributed by atoms with Crippen LogP contribution in [0.1, 0.15) is 18.4 Å². The van der Waals surface area contributed by atoms with Crippen LogP contribution in [0.2, 0.25) is 0 Å². The van der Waals surface area contributed by atoms with Crippen LogP contribution in [0.5, 0.6) is 5.75 Å². The molecule has 0 bridgehead atoms. The van der Waals surface area contributed by atoms with Crippen molar-refractivity contribution in [2.45, 2.75) is 24.6 Å². The molecule has 1 atom stereocenters. The molecular weight excluding hydrogens is 398 g/mol. The van der Waals surface area contributed by atoms with Crippen LogP contribution in [0.25, 0.3) is 0 Å². The quantitative estimate of drug-likeness (QED) is 0.707. The molecular formula is C23H31N3O3S. The van der Waals surface area contributed by atoms with E-state index in [1.54, 1.807) is 11.4 Å². The van der Waals surface area contributed by atoms with Gasteiger partial charge in [-0.25, -0.2) is 12.7 Å². The third-order valence-electron chi connectivity index (χ3n) is 6.20. The van der Waals surface area contributed by atoms with Gasteiger partial charge in [-0.05, 0) is 30.5 Å². The topological polar surface area (TPSA) is 53.1 Å². The van der Waals surface area contributed by atoms with Crippen molar-refractivity contribution in [2.24, 2.45) is 0 Å². The van der Waals surface area contributed by atoms with Gasteiger partial charge in [0.15, 0.2) is 0 Å². The van der Waals surface area contributed by atoms with E-state index < -0.39 is 10.0 Å². The molecule has 0 amide bonds. The lowest BCUT2D eigenvalue weighted by Crippen LogP contribution is -2.56. The fourth-order valence-electron chi connectivity index (χ4n) is 4.57. The Bertz CT molecular complexity index is 928. The van der Waals surface area contributed by atoms with Gasteiger partial charge < -0.3 is 9.64 Å². The summed E-state index contributed by atoms with van der Waals surface area (Å²) >= 11 is 0. The molecule has 2 aromatic rings. The molecule has 2 aromatic carbocycles. The number of nitrogens with zero attached hydrogens (tertiary/aromatic N) is 3. The molecule has 0 N–H and O–H groups in total.